The van der Waals surface area contributed by atoms with Gasteiger partial charge < -0.3 is 15.2 Å². The lowest BCUT2D eigenvalue weighted by atomic mass is 10.0. The Morgan fingerprint density at radius 2 is 1.82 bits per heavy atom. The van der Waals surface area contributed by atoms with E-state index in [1.54, 1.807) is 6.92 Å². The SMILES string of the molecule is CCc1c(C(=O)N2C[C@H]3CNC[C@H]3C2)[nH]c(C)c1C(C)=O.Cl. The van der Waals surface area contributed by atoms with E-state index < -0.39 is 0 Å². The summed E-state index contributed by atoms with van der Waals surface area (Å²) in [5.41, 5.74) is 3.00. The number of ketones is 1. The van der Waals surface area contributed by atoms with Gasteiger partial charge in [0, 0.05) is 37.4 Å². The molecule has 0 spiro atoms. The number of hydrogen-bond acceptors (Lipinski definition) is 3. The highest BCUT2D eigenvalue weighted by atomic mass is 35.5. The Labute approximate surface area is 137 Å². The molecular formula is C16H24ClN3O2. The molecule has 2 saturated heterocycles. The van der Waals surface area contributed by atoms with Crippen LogP contribution < -0.4 is 5.32 Å². The van der Waals surface area contributed by atoms with Crippen LogP contribution in [0.4, 0.5) is 0 Å². The highest BCUT2D eigenvalue weighted by molar-refractivity contribution is 6.02. The van der Waals surface area contributed by atoms with Gasteiger partial charge in [-0.05, 0) is 37.7 Å². The maximum absolute atomic E-state index is 12.8. The zero-order valence-corrected chi connectivity index (χ0v) is 14.2. The molecule has 0 saturated carbocycles. The Morgan fingerprint density at radius 1 is 1.23 bits per heavy atom. The molecule has 0 aliphatic carbocycles. The molecule has 1 aromatic rings. The number of nitrogens with one attached hydrogen (secondary N) is 2. The van der Waals surface area contributed by atoms with Crippen molar-refractivity contribution in [3.05, 3.63) is 22.5 Å². The van der Waals surface area contributed by atoms with Crippen LogP contribution in [0.2, 0.25) is 0 Å². The highest BCUT2D eigenvalue weighted by Crippen LogP contribution is 2.29. The average molecular weight is 326 g/mol. The summed E-state index contributed by atoms with van der Waals surface area (Å²) in [5.74, 6) is 1.25. The van der Waals surface area contributed by atoms with E-state index >= 15 is 0 Å². The first-order valence-corrected chi connectivity index (χ1v) is 7.75. The van der Waals surface area contributed by atoms with E-state index in [9.17, 15) is 9.59 Å². The van der Waals surface area contributed by atoms with Crippen molar-refractivity contribution in [3.63, 3.8) is 0 Å². The Hall–Kier alpha value is -1.33. The molecule has 2 atom stereocenters. The second kappa shape index (κ2) is 6.42. The number of aromatic nitrogens is 1. The summed E-state index contributed by atoms with van der Waals surface area (Å²) in [6, 6.07) is 0. The average Bonchev–Trinajstić information content (AvgIpc) is 3.08. The van der Waals surface area contributed by atoms with Gasteiger partial charge in [-0.3, -0.25) is 9.59 Å². The van der Waals surface area contributed by atoms with Crippen molar-refractivity contribution in [2.75, 3.05) is 26.2 Å². The quantitative estimate of drug-likeness (QED) is 0.833. The number of carbonyl (C=O) groups excluding carboxylic acids is 2. The first-order valence-electron chi connectivity index (χ1n) is 7.75. The number of hydrogen-bond donors (Lipinski definition) is 2. The summed E-state index contributed by atoms with van der Waals surface area (Å²) in [5, 5.41) is 3.38. The van der Waals surface area contributed by atoms with Gasteiger partial charge in [0.05, 0.1) is 0 Å². The Bertz CT molecular complexity index is 584. The molecule has 3 heterocycles. The van der Waals surface area contributed by atoms with Crippen LogP contribution in [0, 0.1) is 18.8 Å². The Balaban J connectivity index is 0.00000176. The van der Waals surface area contributed by atoms with E-state index in [2.05, 4.69) is 10.3 Å². The molecule has 3 rings (SSSR count). The molecule has 1 amide bonds. The fourth-order valence-electron chi connectivity index (χ4n) is 3.87. The fourth-order valence-corrected chi connectivity index (χ4v) is 3.87. The normalized spacial score (nSPS) is 23.3. The molecule has 2 aliphatic rings. The minimum Gasteiger partial charge on any atom is -0.354 e. The predicted molar refractivity (Wildman–Crippen MR) is 87.9 cm³/mol. The van der Waals surface area contributed by atoms with E-state index in [0.29, 0.717) is 29.5 Å². The van der Waals surface area contributed by atoms with Crippen molar-refractivity contribution in [2.45, 2.75) is 27.2 Å². The highest BCUT2D eigenvalue weighted by Gasteiger charge is 2.39. The molecule has 5 nitrogen and oxygen atoms in total. The van der Waals surface area contributed by atoms with Gasteiger partial charge in [0.25, 0.3) is 5.91 Å². The predicted octanol–water partition coefficient (Wildman–Crippen LogP) is 1.80. The van der Waals surface area contributed by atoms with Gasteiger partial charge in [-0.25, -0.2) is 0 Å². The number of amides is 1. The number of Topliss-reactive ketones (excluding diaryl/α,β-unsaturated/α-hetero) is 1. The van der Waals surface area contributed by atoms with Gasteiger partial charge in [-0.15, -0.1) is 12.4 Å². The van der Waals surface area contributed by atoms with Gasteiger partial charge in [0.1, 0.15) is 5.69 Å². The maximum atomic E-state index is 12.8. The molecule has 6 heteroatoms. The van der Waals surface area contributed by atoms with Crippen molar-refractivity contribution < 1.29 is 9.59 Å². The Morgan fingerprint density at radius 3 is 2.32 bits per heavy atom. The lowest BCUT2D eigenvalue weighted by Gasteiger charge is -2.17. The largest absolute Gasteiger partial charge is 0.354 e. The number of aryl methyl sites for hydroxylation is 1. The maximum Gasteiger partial charge on any atom is 0.270 e. The van der Waals surface area contributed by atoms with Gasteiger partial charge >= 0.3 is 0 Å². The smallest absolute Gasteiger partial charge is 0.270 e. The van der Waals surface area contributed by atoms with E-state index in [-0.39, 0.29) is 24.1 Å². The van der Waals surface area contributed by atoms with Crippen LogP contribution >= 0.6 is 12.4 Å². The van der Waals surface area contributed by atoms with Crippen molar-refractivity contribution in [1.29, 1.82) is 0 Å². The molecule has 2 fully saturated rings. The summed E-state index contributed by atoms with van der Waals surface area (Å²) < 4.78 is 0. The number of H-pyrrole nitrogens is 1. The van der Waals surface area contributed by atoms with Gasteiger partial charge in [0.2, 0.25) is 0 Å². The summed E-state index contributed by atoms with van der Waals surface area (Å²) in [7, 11) is 0. The molecular weight excluding hydrogens is 302 g/mol. The second-order valence-corrected chi connectivity index (χ2v) is 6.28. The van der Waals surface area contributed by atoms with Crippen LogP contribution in [0.3, 0.4) is 0 Å². The van der Waals surface area contributed by atoms with E-state index in [4.69, 9.17) is 0 Å². The zero-order chi connectivity index (χ0) is 15.1. The number of halogens is 1. The number of aromatic amines is 1. The molecule has 1 aromatic heterocycles. The summed E-state index contributed by atoms with van der Waals surface area (Å²) in [6.45, 7) is 9.11. The standard InChI is InChI=1S/C16H23N3O2.ClH/c1-4-13-14(10(3)20)9(2)18-15(13)16(21)19-7-11-5-17-6-12(11)8-19;/h11-12,17-18H,4-8H2,1-3H3;1H/t11-,12+;. The third-order valence-electron chi connectivity index (χ3n) is 4.89. The number of rotatable bonds is 3. The fraction of sp³-hybridized carbons (Fsp3) is 0.625. The molecule has 2 N–H and O–H groups in total. The van der Waals surface area contributed by atoms with Crippen molar-refractivity contribution >= 4 is 24.1 Å². The van der Waals surface area contributed by atoms with E-state index in [1.165, 1.54) is 0 Å². The van der Waals surface area contributed by atoms with Crippen LogP contribution in [0.15, 0.2) is 0 Å². The van der Waals surface area contributed by atoms with Crippen molar-refractivity contribution in [3.8, 4) is 0 Å². The van der Waals surface area contributed by atoms with Crippen LogP contribution in [-0.4, -0.2) is 47.8 Å². The number of fused-ring (bicyclic) bond motifs is 1. The van der Waals surface area contributed by atoms with Crippen LogP contribution in [-0.2, 0) is 6.42 Å². The van der Waals surface area contributed by atoms with E-state index in [1.807, 2.05) is 18.7 Å². The van der Waals surface area contributed by atoms with Crippen LogP contribution in [0.25, 0.3) is 0 Å². The number of likely N-dealkylation sites (tertiary alicyclic amines) is 1. The van der Waals surface area contributed by atoms with Gasteiger partial charge in [-0.2, -0.15) is 0 Å². The third-order valence-corrected chi connectivity index (χ3v) is 4.89. The lowest BCUT2D eigenvalue weighted by Crippen LogP contribution is -2.32. The third kappa shape index (κ3) is 2.68. The van der Waals surface area contributed by atoms with Crippen molar-refractivity contribution in [2.24, 2.45) is 11.8 Å². The van der Waals surface area contributed by atoms with Crippen LogP contribution in [0.5, 0.6) is 0 Å². The lowest BCUT2D eigenvalue weighted by molar-refractivity contribution is 0.0775. The molecule has 0 aromatic carbocycles. The van der Waals surface area contributed by atoms with Gasteiger partial charge in [0.15, 0.2) is 5.78 Å². The zero-order valence-electron chi connectivity index (χ0n) is 13.4. The first kappa shape index (κ1) is 17.0. The topological polar surface area (TPSA) is 65.2 Å². The minimum absolute atomic E-state index is 0. The summed E-state index contributed by atoms with van der Waals surface area (Å²) in [4.78, 5) is 29.7. The Kier molecular flexibility index (Phi) is 4.97. The monoisotopic (exact) mass is 325 g/mol. The molecule has 0 radical (unpaired) electrons. The van der Waals surface area contributed by atoms with E-state index in [0.717, 1.165) is 37.4 Å². The molecule has 122 valence electrons. The van der Waals surface area contributed by atoms with Crippen LogP contribution in [0.1, 0.15) is 46.0 Å². The minimum atomic E-state index is 0. The van der Waals surface area contributed by atoms with Crippen molar-refractivity contribution in [1.82, 2.24) is 15.2 Å². The molecule has 22 heavy (non-hydrogen) atoms. The number of nitrogens with zero attached hydrogens (tertiary/aromatic N) is 1. The van der Waals surface area contributed by atoms with Gasteiger partial charge in [-0.1, -0.05) is 6.92 Å². The first-order chi connectivity index (χ1) is 10.0. The number of carbonyl (C=O) groups is 2. The molecule has 2 aliphatic heterocycles. The molecule has 0 bridgehead atoms. The summed E-state index contributed by atoms with van der Waals surface area (Å²) in [6.07, 6.45) is 0.697. The molecule has 0 unspecified atom stereocenters. The second-order valence-electron chi connectivity index (χ2n) is 6.28. The summed E-state index contributed by atoms with van der Waals surface area (Å²) >= 11 is 0.